The fraction of sp³-hybridized carbons (Fsp3) is 0.625. The highest BCUT2D eigenvalue weighted by Gasteiger charge is 2.34. The molecule has 2 heterocycles. The molecule has 4 nitrogen and oxygen atoms in total. The molecule has 2 fully saturated rings. The fourth-order valence-corrected chi connectivity index (χ4v) is 3.87. The summed E-state index contributed by atoms with van der Waals surface area (Å²) in [6.07, 6.45) is 9.38. The molecule has 2 aliphatic rings. The van der Waals surface area contributed by atoms with Crippen LogP contribution in [0.1, 0.15) is 54.4 Å². The van der Waals surface area contributed by atoms with Gasteiger partial charge in [0.1, 0.15) is 5.82 Å². The normalized spacial score (nSPS) is 23.4. The molecular weight excluding hydrogens is 252 g/mol. The molecule has 1 aliphatic heterocycles. The quantitative estimate of drug-likeness (QED) is 0.919. The molecule has 3 rings (SSSR count). The summed E-state index contributed by atoms with van der Waals surface area (Å²) in [5.74, 6) is 0.892. The summed E-state index contributed by atoms with van der Waals surface area (Å²) in [6, 6.07) is 2.36. The van der Waals surface area contributed by atoms with Gasteiger partial charge in [-0.15, -0.1) is 0 Å². The van der Waals surface area contributed by atoms with Crippen molar-refractivity contribution in [1.29, 1.82) is 0 Å². The van der Waals surface area contributed by atoms with Gasteiger partial charge in [0.15, 0.2) is 0 Å². The van der Waals surface area contributed by atoms with E-state index in [1.165, 1.54) is 44.7 Å². The van der Waals surface area contributed by atoms with Crippen molar-refractivity contribution in [3.05, 3.63) is 23.4 Å². The van der Waals surface area contributed by atoms with E-state index in [0.29, 0.717) is 6.04 Å². The summed E-state index contributed by atoms with van der Waals surface area (Å²) in [6.45, 7) is 3.03. The molecule has 1 saturated heterocycles. The zero-order chi connectivity index (χ0) is 14.1. The van der Waals surface area contributed by atoms with Crippen LogP contribution in [0.25, 0.3) is 0 Å². The molecule has 1 aliphatic carbocycles. The Bertz CT molecular complexity index is 509. The molecule has 1 unspecified atom stereocenters. The monoisotopic (exact) mass is 274 g/mol. The first-order chi connectivity index (χ1) is 9.66. The Morgan fingerprint density at radius 1 is 1.30 bits per heavy atom. The van der Waals surface area contributed by atoms with E-state index in [9.17, 15) is 4.79 Å². The Morgan fingerprint density at radius 3 is 2.70 bits per heavy atom. The number of carboxylic acid groups (broad SMARTS) is 1. The summed E-state index contributed by atoms with van der Waals surface area (Å²) < 4.78 is 0. The first-order valence-corrected chi connectivity index (χ1v) is 7.63. The lowest BCUT2D eigenvalue weighted by atomic mass is 9.96. The van der Waals surface area contributed by atoms with Gasteiger partial charge in [-0.1, -0.05) is 12.8 Å². The summed E-state index contributed by atoms with van der Waals surface area (Å²) in [4.78, 5) is 17.9. The molecule has 108 valence electrons. The van der Waals surface area contributed by atoms with Gasteiger partial charge >= 0.3 is 5.97 Å². The van der Waals surface area contributed by atoms with Crippen LogP contribution in [0, 0.1) is 12.8 Å². The average Bonchev–Trinajstić information content (AvgIpc) is 3.09. The van der Waals surface area contributed by atoms with Gasteiger partial charge in [-0.25, -0.2) is 9.78 Å². The fourth-order valence-electron chi connectivity index (χ4n) is 3.87. The molecule has 0 aromatic carbocycles. The van der Waals surface area contributed by atoms with Gasteiger partial charge in [0.25, 0.3) is 0 Å². The van der Waals surface area contributed by atoms with Crippen molar-refractivity contribution < 1.29 is 9.90 Å². The zero-order valence-corrected chi connectivity index (χ0v) is 12.0. The predicted octanol–water partition coefficient (Wildman–Crippen LogP) is 3.25. The second kappa shape index (κ2) is 5.43. The number of aromatic carboxylic acids is 1. The van der Waals surface area contributed by atoms with E-state index < -0.39 is 5.97 Å². The number of aryl methyl sites for hydroxylation is 1. The first kappa shape index (κ1) is 13.4. The minimum absolute atomic E-state index is 0.280. The van der Waals surface area contributed by atoms with Gasteiger partial charge in [0.2, 0.25) is 0 Å². The van der Waals surface area contributed by atoms with Crippen LogP contribution in [0.5, 0.6) is 0 Å². The average molecular weight is 274 g/mol. The minimum Gasteiger partial charge on any atom is -0.478 e. The van der Waals surface area contributed by atoms with Crippen LogP contribution in [-0.4, -0.2) is 28.6 Å². The number of hydrogen-bond donors (Lipinski definition) is 1. The molecule has 4 heteroatoms. The maximum Gasteiger partial charge on any atom is 0.337 e. The lowest BCUT2D eigenvalue weighted by molar-refractivity contribution is 0.0696. The Balaban J connectivity index is 1.85. The number of carbonyl (C=O) groups is 1. The van der Waals surface area contributed by atoms with E-state index in [0.717, 1.165) is 23.8 Å². The number of anilines is 1. The van der Waals surface area contributed by atoms with Gasteiger partial charge in [-0.3, -0.25) is 0 Å². The van der Waals surface area contributed by atoms with Crippen molar-refractivity contribution in [3.63, 3.8) is 0 Å². The third kappa shape index (κ3) is 2.39. The van der Waals surface area contributed by atoms with Gasteiger partial charge in [-0.05, 0) is 50.2 Å². The second-order valence-electron chi connectivity index (χ2n) is 6.12. The van der Waals surface area contributed by atoms with Crippen molar-refractivity contribution in [2.24, 2.45) is 5.92 Å². The molecule has 0 radical (unpaired) electrons. The van der Waals surface area contributed by atoms with Crippen molar-refractivity contribution in [1.82, 2.24) is 4.98 Å². The summed E-state index contributed by atoms with van der Waals surface area (Å²) in [5.41, 5.74) is 1.26. The molecule has 20 heavy (non-hydrogen) atoms. The van der Waals surface area contributed by atoms with E-state index in [-0.39, 0.29) is 5.56 Å². The highest BCUT2D eigenvalue weighted by atomic mass is 16.4. The Hall–Kier alpha value is -1.58. The zero-order valence-electron chi connectivity index (χ0n) is 12.0. The number of pyridine rings is 1. The molecular formula is C16H22N2O2. The first-order valence-electron chi connectivity index (χ1n) is 7.63. The largest absolute Gasteiger partial charge is 0.478 e. The molecule has 0 amide bonds. The lowest BCUT2D eigenvalue weighted by Gasteiger charge is -2.31. The van der Waals surface area contributed by atoms with Crippen LogP contribution in [0.3, 0.4) is 0 Å². The standard InChI is InChI=1S/C16H22N2O2/c1-11-9-13(16(19)20)10-17-15(11)18-8-4-7-14(18)12-5-2-3-6-12/h9-10,12,14H,2-8H2,1H3,(H,19,20). The van der Waals surface area contributed by atoms with Crippen molar-refractivity contribution in [2.75, 3.05) is 11.4 Å². The number of carboxylic acids is 1. The third-order valence-electron chi connectivity index (χ3n) is 4.81. The van der Waals surface area contributed by atoms with E-state index in [2.05, 4.69) is 9.88 Å². The maximum atomic E-state index is 11.0. The third-order valence-corrected chi connectivity index (χ3v) is 4.81. The summed E-state index contributed by atoms with van der Waals surface area (Å²) >= 11 is 0. The van der Waals surface area contributed by atoms with E-state index in [1.807, 2.05) is 6.92 Å². The molecule has 1 N–H and O–H groups in total. The van der Waals surface area contributed by atoms with Crippen molar-refractivity contribution >= 4 is 11.8 Å². The topological polar surface area (TPSA) is 53.4 Å². The van der Waals surface area contributed by atoms with Gasteiger partial charge in [-0.2, -0.15) is 0 Å². The molecule has 0 bridgehead atoms. The summed E-state index contributed by atoms with van der Waals surface area (Å²) in [7, 11) is 0. The Labute approximate surface area is 119 Å². The van der Waals surface area contributed by atoms with Crippen LogP contribution in [0.15, 0.2) is 12.3 Å². The van der Waals surface area contributed by atoms with Gasteiger partial charge in [0.05, 0.1) is 5.56 Å². The smallest absolute Gasteiger partial charge is 0.337 e. The maximum absolute atomic E-state index is 11.0. The second-order valence-corrected chi connectivity index (χ2v) is 6.12. The number of nitrogens with zero attached hydrogens (tertiary/aromatic N) is 2. The molecule has 1 atom stereocenters. The summed E-state index contributed by atoms with van der Waals surface area (Å²) in [5, 5.41) is 9.04. The van der Waals surface area contributed by atoms with Gasteiger partial charge in [0, 0.05) is 18.8 Å². The highest BCUT2D eigenvalue weighted by Crippen LogP contribution is 2.38. The van der Waals surface area contributed by atoms with Crippen molar-refractivity contribution in [3.8, 4) is 0 Å². The van der Waals surface area contributed by atoms with Gasteiger partial charge < -0.3 is 10.0 Å². The predicted molar refractivity (Wildman–Crippen MR) is 78.3 cm³/mol. The SMILES string of the molecule is Cc1cc(C(=O)O)cnc1N1CCCC1C1CCCC1. The van der Waals surface area contributed by atoms with Crippen molar-refractivity contribution in [2.45, 2.75) is 51.5 Å². The van der Waals surface area contributed by atoms with Crippen LogP contribution in [0.4, 0.5) is 5.82 Å². The molecule has 1 aromatic heterocycles. The van der Waals surface area contributed by atoms with Crippen LogP contribution >= 0.6 is 0 Å². The van der Waals surface area contributed by atoms with Crippen LogP contribution < -0.4 is 4.90 Å². The lowest BCUT2D eigenvalue weighted by Crippen LogP contribution is -2.35. The number of rotatable bonds is 3. The molecule has 1 saturated carbocycles. The van der Waals surface area contributed by atoms with E-state index in [4.69, 9.17) is 5.11 Å². The van der Waals surface area contributed by atoms with Crippen LogP contribution in [-0.2, 0) is 0 Å². The minimum atomic E-state index is -0.902. The number of hydrogen-bond acceptors (Lipinski definition) is 3. The molecule has 1 aromatic rings. The highest BCUT2D eigenvalue weighted by molar-refractivity contribution is 5.87. The molecule has 0 spiro atoms. The van der Waals surface area contributed by atoms with E-state index in [1.54, 1.807) is 6.07 Å². The van der Waals surface area contributed by atoms with E-state index >= 15 is 0 Å². The number of aromatic nitrogens is 1. The Morgan fingerprint density at radius 2 is 2.05 bits per heavy atom. The Kier molecular flexibility index (Phi) is 3.64. The van der Waals surface area contributed by atoms with Crippen LogP contribution in [0.2, 0.25) is 0 Å².